The molecule has 0 bridgehead atoms. The Labute approximate surface area is 189 Å². The SMILES string of the molecule is O=C(CN1C(=O)S/C(=C/c2ccccc2Cl)C1=O)Nc1ccc(N2CCOCC2)cc1. The molecule has 2 heterocycles. The van der Waals surface area contributed by atoms with Gasteiger partial charge in [0.2, 0.25) is 5.91 Å². The van der Waals surface area contributed by atoms with E-state index in [1.807, 2.05) is 12.1 Å². The number of morpholine rings is 1. The molecule has 0 aromatic heterocycles. The van der Waals surface area contributed by atoms with Gasteiger partial charge in [-0.2, -0.15) is 0 Å². The number of benzene rings is 2. The third-order valence-corrected chi connectivity index (χ3v) is 6.15. The Morgan fingerprint density at radius 2 is 1.81 bits per heavy atom. The second-order valence-corrected chi connectivity index (χ2v) is 8.38. The van der Waals surface area contributed by atoms with Crippen molar-refractivity contribution < 1.29 is 19.1 Å². The predicted octanol–water partition coefficient (Wildman–Crippen LogP) is 3.85. The monoisotopic (exact) mass is 457 g/mol. The zero-order valence-electron chi connectivity index (χ0n) is 16.5. The summed E-state index contributed by atoms with van der Waals surface area (Å²) in [4.78, 5) is 40.7. The summed E-state index contributed by atoms with van der Waals surface area (Å²) in [6.45, 7) is 2.69. The number of hydrogen-bond donors (Lipinski definition) is 1. The lowest BCUT2D eigenvalue weighted by Gasteiger charge is -2.28. The standard InChI is InChI=1S/C22H20ClN3O4S/c23-18-4-2-1-3-15(18)13-19-21(28)26(22(29)31-19)14-20(27)24-16-5-7-17(8-6-16)25-9-11-30-12-10-25/h1-8,13H,9-12,14H2,(H,24,27)/b19-13+. The van der Waals surface area contributed by atoms with Gasteiger partial charge in [0.1, 0.15) is 6.54 Å². The van der Waals surface area contributed by atoms with E-state index < -0.39 is 17.1 Å². The first-order valence-electron chi connectivity index (χ1n) is 9.74. The van der Waals surface area contributed by atoms with Crippen molar-refractivity contribution in [2.75, 3.05) is 43.1 Å². The highest BCUT2D eigenvalue weighted by atomic mass is 35.5. The first kappa shape index (κ1) is 21.4. The molecule has 0 radical (unpaired) electrons. The van der Waals surface area contributed by atoms with Crippen LogP contribution in [0.1, 0.15) is 5.56 Å². The lowest BCUT2D eigenvalue weighted by molar-refractivity contribution is -0.127. The zero-order valence-corrected chi connectivity index (χ0v) is 18.1. The van der Waals surface area contributed by atoms with E-state index in [0.29, 0.717) is 29.5 Å². The van der Waals surface area contributed by atoms with Gasteiger partial charge < -0.3 is 15.0 Å². The summed E-state index contributed by atoms with van der Waals surface area (Å²) in [5.41, 5.74) is 2.29. The summed E-state index contributed by atoms with van der Waals surface area (Å²) in [7, 11) is 0. The zero-order chi connectivity index (χ0) is 21.8. The fourth-order valence-electron chi connectivity index (χ4n) is 3.29. The maximum atomic E-state index is 12.6. The number of carbonyl (C=O) groups excluding carboxylic acids is 3. The van der Waals surface area contributed by atoms with E-state index in [2.05, 4.69) is 10.2 Å². The molecule has 2 fully saturated rings. The minimum Gasteiger partial charge on any atom is -0.378 e. The van der Waals surface area contributed by atoms with Crippen molar-refractivity contribution in [2.24, 2.45) is 0 Å². The van der Waals surface area contributed by atoms with Crippen molar-refractivity contribution >= 4 is 57.9 Å². The van der Waals surface area contributed by atoms with Crippen molar-refractivity contribution in [3.8, 4) is 0 Å². The number of rotatable bonds is 5. The molecule has 0 unspecified atom stereocenters. The molecule has 1 N–H and O–H groups in total. The van der Waals surface area contributed by atoms with E-state index in [4.69, 9.17) is 16.3 Å². The number of halogens is 1. The minimum atomic E-state index is -0.507. The van der Waals surface area contributed by atoms with Crippen molar-refractivity contribution in [2.45, 2.75) is 0 Å². The average molecular weight is 458 g/mol. The number of thioether (sulfide) groups is 1. The van der Waals surface area contributed by atoms with Crippen LogP contribution in [0, 0.1) is 0 Å². The van der Waals surface area contributed by atoms with Crippen LogP contribution in [0.15, 0.2) is 53.4 Å². The topological polar surface area (TPSA) is 79.0 Å². The quantitative estimate of drug-likeness (QED) is 0.687. The van der Waals surface area contributed by atoms with Gasteiger partial charge in [0.05, 0.1) is 18.1 Å². The summed E-state index contributed by atoms with van der Waals surface area (Å²) in [6.07, 6.45) is 1.56. The molecule has 3 amide bonds. The van der Waals surface area contributed by atoms with Crippen LogP contribution in [0.25, 0.3) is 6.08 Å². The second-order valence-electron chi connectivity index (χ2n) is 6.98. The average Bonchev–Trinajstić information content (AvgIpc) is 3.04. The highest BCUT2D eigenvalue weighted by molar-refractivity contribution is 8.18. The molecule has 160 valence electrons. The molecule has 7 nitrogen and oxygen atoms in total. The molecule has 0 aliphatic carbocycles. The van der Waals surface area contributed by atoms with Gasteiger partial charge in [-0.3, -0.25) is 19.3 Å². The predicted molar refractivity (Wildman–Crippen MR) is 122 cm³/mol. The second kappa shape index (κ2) is 9.55. The molecule has 2 aromatic carbocycles. The van der Waals surface area contributed by atoms with Gasteiger partial charge in [0.15, 0.2) is 0 Å². The lowest BCUT2D eigenvalue weighted by atomic mass is 10.2. The molecular formula is C22H20ClN3O4S. The number of nitrogens with one attached hydrogen (secondary N) is 1. The van der Waals surface area contributed by atoms with Gasteiger partial charge in [-0.15, -0.1) is 0 Å². The molecule has 9 heteroatoms. The molecule has 0 atom stereocenters. The van der Waals surface area contributed by atoms with E-state index in [-0.39, 0.29) is 11.4 Å². The van der Waals surface area contributed by atoms with Crippen LogP contribution >= 0.6 is 23.4 Å². The number of ether oxygens (including phenoxy) is 1. The van der Waals surface area contributed by atoms with E-state index in [0.717, 1.165) is 35.4 Å². The molecule has 2 aliphatic heterocycles. The fourth-order valence-corrected chi connectivity index (χ4v) is 4.31. The highest BCUT2D eigenvalue weighted by Crippen LogP contribution is 2.33. The number of nitrogens with zero attached hydrogens (tertiary/aromatic N) is 2. The lowest BCUT2D eigenvalue weighted by Crippen LogP contribution is -2.36. The van der Waals surface area contributed by atoms with Crippen LogP contribution in [0.2, 0.25) is 5.02 Å². The van der Waals surface area contributed by atoms with E-state index >= 15 is 0 Å². The number of hydrogen-bond acceptors (Lipinski definition) is 6. The Hall–Kier alpha value is -2.81. The summed E-state index contributed by atoms with van der Waals surface area (Å²) < 4.78 is 5.35. The van der Waals surface area contributed by atoms with Crippen LogP contribution in [-0.2, 0) is 14.3 Å². The van der Waals surface area contributed by atoms with Crippen molar-refractivity contribution in [3.05, 3.63) is 64.0 Å². The number of anilines is 2. The highest BCUT2D eigenvalue weighted by Gasteiger charge is 2.36. The van der Waals surface area contributed by atoms with Crippen molar-refractivity contribution in [1.82, 2.24) is 4.90 Å². The Bertz CT molecular complexity index is 1040. The summed E-state index contributed by atoms with van der Waals surface area (Å²) in [5, 5.41) is 2.73. The minimum absolute atomic E-state index is 0.237. The van der Waals surface area contributed by atoms with Gasteiger partial charge in [-0.1, -0.05) is 29.8 Å². The molecule has 2 saturated heterocycles. The Morgan fingerprint density at radius 3 is 2.52 bits per heavy atom. The van der Waals surface area contributed by atoms with Gasteiger partial charge >= 0.3 is 0 Å². The normalized spacial score (nSPS) is 18.0. The maximum Gasteiger partial charge on any atom is 0.294 e. The van der Waals surface area contributed by atoms with Gasteiger partial charge in [-0.05, 0) is 53.7 Å². The first-order valence-corrected chi connectivity index (χ1v) is 10.9. The van der Waals surface area contributed by atoms with Crippen LogP contribution in [0.4, 0.5) is 16.2 Å². The molecule has 4 rings (SSSR count). The van der Waals surface area contributed by atoms with Gasteiger partial charge in [0, 0.05) is 29.5 Å². The van der Waals surface area contributed by atoms with E-state index in [1.165, 1.54) is 0 Å². The molecule has 31 heavy (non-hydrogen) atoms. The van der Waals surface area contributed by atoms with Crippen LogP contribution < -0.4 is 10.2 Å². The number of carbonyl (C=O) groups is 3. The van der Waals surface area contributed by atoms with E-state index in [9.17, 15) is 14.4 Å². The van der Waals surface area contributed by atoms with Crippen molar-refractivity contribution in [1.29, 1.82) is 0 Å². The molecular weight excluding hydrogens is 438 g/mol. The largest absolute Gasteiger partial charge is 0.378 e. The Balaban J connectivity index is 1.37. The molecule has 0 spiro atoms. The molecule has 2 aliphatic rings. The van der Waals surface area contributed by atoms with Crippen LogP contribution in [0.3, 0.4) is 0 Å². The van der Waals surface area contributed by atoms with Crippen LogP contribution in [0.5, 0.6) is 0 Å². The Kier molecular flexibility index (Phi) is 6.60. The fraction of sp³-hybridized carbons (Fsp3) is 0.227. The summed E-state index contributed by atoms with van der Waals surface area (Å²) in [5.74, 6) is -0.951. The molecule has 0 saturated carbocycles. The number of imide groups is 1. The molecule has 2 aromatic rings. The summed E-state index contributed by atoms with van der Waals surface area (Å²) >= 11 is 6.92. The van der Waals surface area contributed by atoms with E-state index in [1.54, 1.807) is 42.5 Å². The Morgan fingerprint density at radius 1 is 1.10 bits per heavy atom. The van der Waals surface area contributed by atoms with Gasteiger partial charge in [0.25, 0.3) is 11.1 Å². The maximum absolute atomic E-state index is 12.6. The first-order chi connectivity index (χ1) is 15.0. The smallest absolute Gasteiger partial charge is 0.294 e. The summed E-state index contributed by atoms with van der Waals surface area (Å²) in [6, 6.07) is 14.5. The van der Waals surface area contributed by atoms with Crippen LogP contribution in [-0.4, -0.2) is 54.8 Å². The van der Waals surface area contributed by atoms with Crippen molar-refractivity contribution in [3.63, 3.8) is 0 Å². The number of amides is 3. The van der Waals surface area contributed by atoms with Gasteiger partial charge in [-0.25, -0.2) is 0 Å². The third-order valence-electron chi connectivity index (χ3n) is 4.89. The third kappa shape index (κ3) is 5.10.